The molecule has 0 radical (unpaired) electrons. The van der Waals surface area contributed by atoms with Gasteiger partial charge in [-0.05, 0) is 49.9 Å². The molecule has 30 heavy (non-hydrogen) atoms. The Bertz CT molecular complexity index is 1120. The molecule has 0 spiro atoms. The molecule has 1 aliphatic rings. The van der Waals surface area contributed by atoms with Crippen LogP contribution < -0.4 is 16.4 Å². The van der Waals surface area contributed by atoms with Crippen LogP contribution in [0, 0.1) is 0 Å². The second-order valence-corrected chi connectivity index (χ2v) is 7.67. The van der Waals surface area contributed by atoms with E-state index in [1.165, 1.54) is 0 Å². The van der Waals surface area contributed by atoms with Crippen molar-refractivity contribution in [2.24, 2.45) is 5.73 Å². The van der Waals surface area contributed by atoms with Crippen LogP contribution in [0.2, 0.25) is 0 Å². The van der Waals surface area contributed by atoms with Gasteiger partial charge in [0.05, 0.1) is 11.9 Å². The molecule has 1 aliphatic carbocycles. The third kappa shape index (κ3) is 3.95. The summed E-state index contributed by atoms with van der Waals surface area (Å²) in [5, 5.41) is 11.5. The van der Waals surface area contributed by atoms with Gasteiger partial charge in [-0.25, -0.2) is 19.5 Å². The highest BCUT2D eigenvalue weighted by atomic mass is 15.3. The van der Waals surface area contributed by atoms with E-state index in [1.807, 2.05) is 47.0 Å². The van der Waals surface area contributed by atoms with Crippen LogP contribution in [0.25, 0.3) is 16.9 Å². The fourth-order valence-corrected chi connectivity index (χ4v) is 3.80. The topological polar surface area (TPSA) is 106 Å². The first kappa shape index (κ1) is 18.5. The molecular formula is C22H24N8. The molecule has 1 fully saturated rings. The highest BCUT2D eigenvalue weighted by Gasteiger charge is 2.19. The number of nitrogens with two attached hydrogens (primary N) is 1. The Morgan fingerprint density at radius 1 is 0.867 bits per heavy atom. The first-order valence-electron chi connectivity index (χ1n) is 10.3. The van der Waals surface area contributed by atoms with E-state index in [4.69, 9.17) is 10.8 Å². The van der Waals surface area contributed by atoms with Gasteiger partial charge in [0, 0.05) is 35.7 Å². The standard InChI is InChI=1S/C22H24N8/c23-16-6-8-18(9-7-16)27-20-10-11-21-24-14-19(30(21)29-20)15-12-25-22(26-13-15)28-17-4-2-1-3-5-17/h1-5,10-14,16,18H,6-9,23H2,(H,27,29)(H,25,26,28)/t16-,18-. The number of rotatable bonds is 5. The number of nitrogens with zero attached hydrogens (tertiary/aromatic N) is 5. The molecule has 4 aromatic rings. The molecule has 3 heterocycles. The average molecular weight is 400 g/mol. The summed E-state index contributed by atoms with van der Waals surface area (Å²) in [6.07, 6.45) is 9.61. The Hall–Kier alpha value is -3.52. The quantitative estimate of drug-likeness (QED) is 0.470. The molecular weight excluding hydrogens is 376 g/mol. The number of benzene rings is 1. The van der Waals surface area contributed by atoms with Crippen molar-refractivity contribution in [3.05, 3.63) is 61.1 Å². The van der Waals surface area contributed by atoms with Gasteiger partial charge in [-0.1, -0.05) is 18.2 Å². The van der Waals surface area contributed by atoms with Gasteiger partial charge >= 0.3 is 0 Å². The van der Waals surface area contributed by atoms with Crippen LogP contribution in [0.15, 0.2) is 61.1 Å². The number of aromatic nitrogens is 5. The maximum absolute atomic E-state index is 6.02. The summed E-state index contributed by atoms with van der Waals surface area (Å²) in [4.78, 5) is 13.4. The molecule has 5 rings (SSSR count). The van der Waals surface area contributed by atoms with Crippen LogP contribution >= 0.6 is 0 Å². The lowest BCUT2D eigenvalue weighted by molar-refractivity contribution is 0.410. The summed E-state index contributed by atoms with van der Waals surface area (Å²) >= 11 is 0. The van der Waals surface area contributed by atoms with Crippen LogP contribution in [0.4, 0.5) is 17.5 Å². The molecule has 0 bridgehead atoms. The van der Waals surface area contributed by atoms with Crippen LogP contribution in [0.1, 0.15) is 25.7 Å². The van der Waals surface area contributed by atoms with E-state index in [-0.39, 0.29) is 0 Å². The molecule has 8 nitrogen and oxygen atoms in total. The number of imidazole rings is 1. The van der Waals surface area contributed by atoms with Gasteiger partial charge in [-0.3, -0.25) is 0 Å². The predicted molar refractivity (Wildman–Crippen MR) is 118 cm³/mol. The van der Waals surface area contributed by atoms with E-state index in [0.717, 1.165) is 54.1 Å². The van der Waals surface area contributed by atoms with E-state index >= 15 is 0 Å². The molecule has 3 aromatic heterocycles. The van der Waals surface area contributed by atoms with Crippen molar-refractivity contribution in [3.8, 4) is 11.3 Å². The summed E-state index contributed by atoms with van der Waals surface area (Å²) in [5.41, 5.74) is 9.46. The Labute approximate surface area is 174 Å². The van der Waals surface area contributed by atoms with E-state index in [1.54, 1.807) is 18.6 Å². The fourth-order valence-electron chi connectivity index (χ4n) is 3.80. The molecule has 1 aromatic carbocycles. The first-order chi connectivity index (χ1) is 14.7. The van der Waals surface area contributed by atoms with Gasteiger partial charge < -0.3 is 16.4 Å². The average Bonchev–Trinajstić information content (AvgIpc) is 3.20. The molecule has 8 heteroatoms. The van der Waals surface area contributed by atoms with Crippen molar-refractivity contribution < 1.29 is 0 Å². The van der Waals surface area contributed by atoms with Crippen molar-refractivity contribution in [2.75, 3.05) is 10.6 Å². The minimum Gasteiger partial charge on any atom is -0.366 e. The number of anilines is 3. The third-order valence-corrected chi connectivity index (χ3v) is 5.46. The highest BCUT2D eigenvalue weighted by molar-refractivity contribution is 5.63. The molecule has 1 saturated carbocycles. The smallest absolute Gasteiger partial charge is 0.227 e. The zero-order valence-corrected chi connectivity index (χ0v) is 16.6. The molecule has 152 valence electrons. The van der Waals surface area contributed by atoms with Crippen LogP contribution in [0.5, 0.6) is 0 Å². The lowest BCUT2D eigenvalue weighted by Crippen LogP contribution is -2.33. The van der Waals surface area contributed by atoms with Gasteiger partial charge in [-0.2, -0.15) is 0 Å². The number of nitrogens with one attached hydrogen (secondary N) is 2. The van der Waals surface area contributed by atoms with Crippen molar-refractivity contribution >= 4 is 23.1 Å². The van der Waals surface area contributed by atoms with Gasteiger partial charge in [0.1, 0.15) is 5.82 Å². The number of hydrogen-bond acceptors (Lipinski definition) is 7. The zero-order chi connectivity index (χ0) is 20.3. The maximum atomic E-state index is 6.02. The first-order valence-corrected chi connectivity index (χ1v) is 10.3. The van der Waals surface area contributed by atoms with Crippen LogP contribution in [-0.2, 0) is 0 Å². The Morgan fingerprint density at radius 3 is 2.40 bits per heavy atom. The molecule has 4 N–H and O–H groups in total. The summed E-state index contributed by atoms with van der Waals surface area (Å²) in [6, 6.07) is 14.5. The van der Waals surface area contributed by atoms with Gasteiger partial charge in [0.25, 0.3) is 0 Å². The van der Waals surface area contributed by atoms with Crippen LogP contribution in [0.3, 0.4) is 0 Å². The summed E-state index contributed by atoms with van der Waals surface area (Å²) in [5.74, 6) is 1.38. The Kier molecular flexibility index (Phi) is 4.98. The van der Waals surface area contributed by atoms with Crippen LogP contribution in [-0.4, -0.2) is 36.6 Å². The highest BCUT2D eigenvalue weighted by Crippen LogP contribution is 2.23. The van der Waals surface area contributed by atoms with Crippen molar-refractivity contribution in [1.82, 2.24) is 24.6 Å². The number of fused-ring (bicyclic) bond motifs is 1. The minimum atomic E-state index is 0.332. The van der Waals surface area contributed by atoms with Crippen molar-refractivity contribution in [2.45, 2.75) is 37.8 Å². The SMILES string of the molecule is N[C@H]1CC[C@H](Nc2ccc3ncc(-c4cnc(Nc5ccccc5)nc4)n3n2)CC1. The van der Waals surface area contributed by atoms with Gasteiger partial charge in [0.2, 0.25) is 5.95 Å². The molecule has 0 atom stereocenters. The minimum absolute atomic E-state index is 0.332. The van der Waals surface area contributed by atoms with Crippen molar-refractivity contribution in [3.63, 3.8) is 0 Å². The monoisotopic (exact) mass is 400 g/mol. The van der Waals surface area contributed by atoms with E-state index in [2.05, 4.69) is 25.6 Å². The second-order valence-electron chi connectivity index (χ2n) is 7.67. The van der Waals surface area contributed by atoms with E-state index < -0.39 is 0 Å². The summed E-state index contributed by atoms with van der Waals surface area (Å²) in [6.45, 7) is 0. The molecule has 0 unspecified atom stereocenters. The number of hydrogen-bond donors (Lipinski definition) is 3. The second kappa shape index (κ2) is 8.08. The normalized spacial score (nSPS) is 19.0. The molecule has 0 amide bonds. The Balaban J connectivity index is 1.36. The summed E-state index contributed by atoms with van der Waals surface area (Å²) < 4.78 is 1.83. The predicted octanol–water partition coefficient (Wildman–Crippen LogP) is 3.61. The molecule has 0 aliphatic heterocycles. The van der Waals surface area contributed by atoms with Gasteiger partial charge in [0.15, 0.2) is 5.65 Å². The number of para-hydroxylation sites is 1. The lowest BCUT2D eigenvalue weighted by atomic mass is 9.92. The summed E-state index contributed by atoms with van der Waals surface area (Å²) in [7, 11) is 0. The lowest BCUT2D eigenvalue weighted by Gasteiger charge is -2.27. The Morgan fingerprint density at radius 2 is 1.63 bits per heavy atom. The fraction of sp³-hybridized carbons (Fsp3) is 0.273. The maximum Gasteiger partial charge on any atom is 0.227 e. The molecule has 0 saturated heterocycles. The van der Waals surface area contributed by atoms with E-state index in [0.29, 0.717) is 18.0 Å². The van der Waals surface area contributed by atoms with Crippen molar-refractivity contribution in [1.29, 1.82) is 0 Å². The van der Waals surface area contributed by atoms with E-state index in [9.17, 15) is 0 Å². The zero-order valence-electron chi connectivity index (χ0n) is 16.6. The van der Waals surface area contributed by atoms with Gasteiger partial charge in [-0.15, -0.1) is 5.10 Å². The largest absolute Gasteiger partial charge is 0.366 e. The third-order valence-electron chi connectivity index (χ3n) is 5.46.